The first-order valence-corrected chi connectivity index (χ1v) is 18.2. The van der Waals surface area contributed by atoms with E-state index < -0.39 is 47.5 Å². The average molecular weight is 779 g/mol. The van der Waals surface area contributed by atoms with Gasteiger partial charge in [-0.2, -0.15) is 10.4 Å². The Morgan fingerprint density at radius 1 is 0.860 bits per heavy atom. The Morgan fingerprint density at radius 3 is 1.93 bits per heavy atom. The topological polar surface area (TPSA) is 237 Å². The SMILES string of the molecule is CC(C)(CCn1ccc2c(-c3cnn([C@H](CC#N)C4CCCC4)c3)ncnc21)C(=O)O.O=C(O[C@H](C(=O)O)[C@H](OC(=O)c1ccccc1)C(=O)O)c1ccccc1. The molecule has 3 heterocycles. The lowest BCUT2D eigenvalue weighted by Crippen LogP contribution is -2.45. The average Bonchev–Trinajstić information content (AvgIpc) is 4.00. The predicted molar refractivity (Wildman–Crippen MR) is 203 cm³/mol. The summed E-state index contributed by atoms with van der Waals surface area (Å²) in [6.45, 7) is 4.03. The molecule has 3 aromatic heterocycles. The van der Waals surface area contributed by atoms with Gasteiger partial charge in [0, 0.05) is 29.9 Å². The highest BCUT2D eigenvalue weighted by Gasteiger charge is 2.41. The molecule has 16 nitrogen and oxygen atoms in total. The molecule has 1 aliphatic carbocycles. The largest absolute Gasteiger partial charge is 0.481 e. The molecule has 1 fully saturated rings. The van der Waals surface area contributed by atoms with E-state index in [1.165, 1.54) is 67.7 Å². The van der Waals surface area contributed by atoms with Crippen LogP contribution < -0.4 is 0 Å². The monoisotopic (exact) mass is 778 g/mol. The molecule has 1 aliphatic rings. The molecule has 1 saturated carbocycles. The quantitative estimate of drug-likeness (QED) is 0.103. The molecule has 3 atom stereocenters. The van der Waals surface area contributed by atoms with Crippen LogP contribution in [0.15, 0.2) is 91.6 Å². The zero-order valence-corrected chi connectivity index (χ0v) is 31.3. The van der Waals surface area contributed by atoms with Gasteiger partial charge in [0.25, 0.3) is 0 Å². The number of rotatable bonds is 15. The minimum absolute atomic E-state index is 0.0253. The van der Waals surface area contributed by atoms with Crippen molar-refractivity contribution < 1.29 is 48.8 Å². The lowest BCUT2D eigenvalue weighted by Gasteiger charge is -2.21. The Bertz CT molecular complexity index is 2170. The third-order valence-electron chi connectivity index (χ3n) is 9.82. The molecule has 0 aliphatic heterocycles. The van der Waals surface area contributed by atoms with Gasteiger partial charge in [-0.3, -0.25) is 9.48 Å². The number of carbonyl (C=O) groups excluding carboxylic acids is 2. The minimum atomic E-state index is -2.21. The number of carboxylic acids is 3. The highest BCUT2D eigenvalue weighted by molar-refractivity contribution is 5.95. The van der Waals surface area contributed by atoms with Gasteiger partial charge in [-0.05, 0) is 69.4 Å². The smallest absolute Gasteiger partial charge is 0.349 e. The van der Waals surface area contributed by atoms with E-state index in [-0.39, 0.29) is 17.2 Å². The van der Waals surface area contributed by atoms with Crippen LogP contribution in [0.1, 0.15) is 79.1 Å². The van der Waals surface area contributed by atoms with Crippen LogP contribution in [0.2, 0.25) is 0 Å². The van der Waals surface area contributed by atoms with Gasteiger partial charge < -0.3 is 29.4 Å². The second-order valence-corrected chi connectivity index (χ2v) is 14.2. The molecule has 16 heteroatoms. The Hall–Kier alpha value is -6.89. The lowest BCUT2D eigenvalue weighted by atomic mass is 9.90. The van der Waals surface area contributed by atoms with E-state index in [0.717, 1.165) is 35.1 Å². The molecule has 0 spiro atoms. The molecular weight excluding hydrogens is 736 g/mol. The molecule has 2 aromatic carbocycles. The molecule has 6 rings (SSSR count). The van der Waals surface area contributed by atoms with Gasteiger partial charge >= 0.3 is 29.8 Å². The number of hydrogen-bond donors (Lipinski definition) is 3. The van der Waals surface area contributed by atoms with Crippen molar-refractivity contribution in [2.45, 2.75) is 77.2 Å². The molecule has 0 saturated heterocycles. The van der Waals surface area contributed by atoms with Crippen molar-refractivity contribution in [3.05, 3.63) is 103 Å². The second kappa shape index (κ2) is 18.6. The number of ether oxygens (including phenoxy) is 2. The lowest BCUT2D eigenvalue weighted by molar-refractivity contribution is -0.166. The maximum Gasteiger partial charge on any atom is 0.349 e. The summed E-state index contributed by atoms with van der Waals surface area (Å²) in [6.07, 6.45) is 8.54. The van der Waals surface area contributed by atoms with Gasteiger partial charge in [0.15, 0.2) is 0 Å². The fourth-order valence-electron chi connectivity index (χ4n) is 6.47. The number of carboxylic acid groups (broad SMARTS) is 3. The van der Waals surface area contributed by atoms with E-state index >= 15 is 0 Å². The highest BCUT2D eigenvalue weighted by atomic mass is 16.6. The highest BCUT2D eigenvalue weighted by Crippen LogP contribution is 2.37. The van der Waals surface area contributed by atoms with Crippen LogP contribution in [-0.2, 0) is 30.4 Å². The Labute approximate surface area is 327 Å². The van der Waals surface area contributed by atoms with Crippen molar-refractivity contribution in [1.29, 1.82) is 5.26 Å². The van der Waals surface area contributed by atoms with Crippen LogP contribution in [0.5, 0.6) is 0 Å². The molecule has 296 valence electrons. The fraction of sp³-hybridized carbons (Fsp3) is 0.341. The van der Waals surface area contributed by atoms with E-state index in [9.17, 15) is 44.6 Å². The fourth-order valence-corrected chi connectivity index (χ4v) is 6.47. The second-order valence-electron chi connectivity index (χ2n) is 14.2. The van der Waals surface area contributed by atoms with Gasteiger partial charge in [0.2, 0.25) is 12.2 Å². The molecular formula is C41H42N6O10. The van der Waals surface area contributed by atoms with Gasteiger partial charge in [-0.25, -0.2) is 29.1 Å². The summed E-state index contributed by atoms with van der Waals surface area (Å²) < 4.78 is 13.4. The summed E-state index contributed by atoms with van der Waals surface area (Å²) in [7, 11) is 0. The molecule has 0 bridgehead atoms. The number of esters is 2. The number of aryl methyl sites for hydroxylation is 1. The van der Waals surface area contributed by atoms with Crippen LogP contribution in [0.3, 0.4) is 0 Å². The molecule has 0 amide bonds. The molecule has 57 heavy (non-hydrogen) atoms. The summed E-state index contributed by atoms with van der Waals surface area (Å²) in [6, 6.07) is 19.2. The number of nitriles is 1. The number of carbonyl (C=O) groups is 5. The van der Waals surface area contributed by atoms with E-state index in [1.54, 1.807) is 26.0 Å². The van der Waals surface area contributed by atoms with E-state index in [4.69, 9.17) is 9.47 Å². The zero-order chi connectivity index (χ0) is 41.1. The summed E-state index contributed by atoms with van der Waals surface area (Å²) in [4.78, 5) is 67.2. The van der Waals surface area contributed by atoms with Crippen LogP contribution in [0.4, 0.5) is 0 Å². The third-order valence-corrected chi connectivity index (χ3v) is 9.82. The first-order chi connectivity index (χ1) is 27.3. The van der Waals surface area contributed by atoms with E-state index in [0.29, 0.717) is 25.3 Å². The Kier molecular flexibility index (Phi) is 13.5. The first kappa shape index (κ1) is 41.3. The number of benzene rings is 2. The molecule has 3 N–H and O–H groups in total. The van der Waals surface area contributed by atoms with Crippen molar-refractivity contribution >= 4 is 40.9 Å². The Balaban J connectivity index is 0.000000221. The van der Waals surface area contributed by atoms with Crippen molar-refractivity contribution in [3.8, 4) is 17.3 Å². The van der Waals surface area contributed by atoms with Crippen molar-refractivity contribution in [2.24, 2.45) is 11.3 Å². The molecule has 5 aromatic rings. The number of hydrogen-bond acceptors (Lipinski definition) is 11. The van der Waals surface area contributed by atoms with Gasteiger partial charge in [-0.1, -0.05) is 49.2 Å². The standard InChI is InChI=1S/C23H28N6O2.C18H14O8/c1-23(2,22(30)31)9-12-28-11-8-18-20(25-15-26-21(18)28)17-13-27-29(14-17)19(7-10-24)16-5-3-4-6-16;19-15(20)13(25-17(23)11-7-3-1-4-8-11)14(16(21)22)26-18(24)12-9-5-2-6-10-12/h8,11,13-16,19H,3-7,9,12H2,1-2H3,(H,30,31);1-10,13-14H,(H,19,20)(H,21,22)/t19-;13-,14-/m10/s1. The van der Waals surface area contributed by atoms with Gasteiger partial charge in [0.1, 0.15) is 12.0 Å². The molecule has 0 radical (unpaired) electrons. The zero-order valence-electron chi connectivity index (χ0n) is 31.3. The van der Waals surface area contributed by atoms with Crippen molar-refractivity contribution in [1.82, 2.24) is 24.3 Å². The van der Waals surface area contributed by atoms with Crippen LogP contribution in [0.25, 0.3) is 22.3 Å². The Morgan fingerprint density at radius 2 is 1.42 bits per heavy atom. The maximum absolute atomic E-state index is 12.0. The summed E-state index contributed by atoms with van der Waals surface area (Å²) in [5.74, 6) is -5.94. The van der Waals surface area contributed by atoms with Crippen LogP contribution >= 0.6 is 0 Å². The minimum Gasteiger partial charge on any atom is -0.481 e. The maximum atomic E-state index is 12.0. The number of aliphatic carboxylic acids is 3. The first-order valence-electron chi connectivity index (χ1n) is 18.2. The predicted octanol–water partition coefficient (Wildman–Crippen LogP) is 6.05. The van der Waals surface area contributed by atoms with Gasteiger partial charge in [0.05, 0.1) is 47.0 Å². The van der Waals surface area contributed by atoms with Crippen molar-refractivity contribution in [3.63, 3.8) is 0 Å². The van der Waals surface area contributed by atoms with Crippen LogP contribution in [-0.4, -0.2) is 81.7 Å². The van der Waals surface area contributed by atoms with E-state index in [1.807, 2.05) is 33.9 Å². The summed E-state index contributed by atoms with van der Waals surface area (Å²) in [5.41, 5.74) is 1.73. The summed E-state index contributed by atoms with van der Waals surface area (Å²) >= 11 is 0. The number of aromatic nitrogens is 5. The van der Waals surface area contributed by atoms with Crippen molar-refractivity contribution in [2.75, 3.05) is 0 Å². The number of fused-ring (bicyclic) bond motifs is 1. The number of nitrogens with zero attached hydrogens (tertiary/aromatic N) is 6. The van der Waals surface area contributed by atoms with Crippen LogP contribution in [0, 0.1) is 22.7 Å². The van der Waals surface area contributed by atoms with Gasteiger partial charge in [-0.15, -0.1) is 0 Å². The normalized spacial score (nSPS) is 14.3. The summed E-state index contributed by atoms with van der Waals surface area (Å²) in [5, 5.41) is 42.7. The molecule has 0 unspecified atom stereocenters. The van der Waals surface area contributed by atoms with E-state index in [2.05, 4.69) is 21.1 Å². The third kappa shape index (κ3) is 10.3.